The van der Waals surface area contributed by atoms with E-state index in [-0.39, 0.29) is 10.9 Å². The number of rotatable bonds is 5. The van der Waals surface area contributed by atoms with Gasteiger partial charge >= 0.3 is 5.97 Å². The van der Waals surface area contributed by atoms with E-state index in [1.54, 1.807) is 17.5 Å². The third-order valence-corrected chi connectivity index (χ3v) is 4.98. The Kier molecular flexibility index (Phi) is 4.94. The Morgan fingerprint density at radius 3 is 2.79 bits per heavy atom. The molecule has 0 radical (unpaired) electrons. The molecule has 0 fully saturated rings. The topological polar surface area (TPSA) is 76.5 Å². The Bertz CT molecular complexity index is 1270. The Hall–Kier alpha value is -3.38. The van der Waals surface area contributed by atoms with Crippen molar-refractivity contribution in [1.82, 2.24) is 14.4 Å². The smallest absolute Gasteiger partial charge is 0.331 e. The standard InChI is InChI=1S/C22H18ClN3O3/c1-13-20(15-7-3-4-8-16(15)24-13)21(28)14(2)29-19(27)11-10-17-22(23)25-18-9-5-6-12-26(17)18/h3-12,14,24H,1-2H3/b11-10+/t14-/m1/s1. The van der Waals surface area contributed by atoms with E-state index in [0.717, 1.165) is 16.6 Å². The Labute approximate surface area is 171 Å². The first-order chi connectivity index (χ1) is 14.0. The molecule has 0 bridgehead atoms. The van der Waals surface area contributed by atoms with Crippen LogP contribution in [0.1, 0.15) is 28.7 Å². The van der Waals surface area contributed by atoms with Gasteiger partial charge in [0, 0.05) is 34.4 Å². The molecule has 1 atom stereocenters. The number of fused-ring (bicyclic) bond motifs is 2. The monoisotopic (exact) mass is 407 g/mol. The van der Waals surface area contributed by atoms with E-state index >= 15 is 0 Å². The van der Waals surface area contributed by atoms with Crippen molar-refractivity contribution in [1.29, 1.82) is 0 Å². The van der Waals surface area contributed by atoms with E-state index in [2.05, 4.69) is 9.97 Å². The molecule has 0 aliphatic rings. The second-order valence-corrected chi connectivity index (χ2v) is 7.02. The SMILES string of the molecule is Cc1[nH]c2ccccc2c1C(=O)[C@@H](C)OC(=O)/C=C/c1c(Cl)nc2ccccn12. The predicted octanol–water partition coefficient (Wildman–Crippen LogP) is 4.61. The molecule has 0 aliphatic carbocycles. The lowest BCUT2D eigenvalue weighted by Gasteiger charge is -2.11. The van der Waals surface area contributed by atoms with Crippen LogP contribution in [0.3, 0.4) is 0 Å². The summed E-state index contributed by atoms with van der Waals surface area (Å²) in [7, 11) is 0. The number of aryl methyl sites for hydroxylation is 1. The van der Waals surface area contributed by atoms with Gasteiger partial charge in [-0.25, -0.2) is 9.78 Å². The number of hydrogen-bond donors (Lipinski definition) is 1. The maximum atomic E-state index is 12.9. The van der Waals surface area contributed by atoms with Crippen LogP contribution in [0.4, 0.5) is 0 Å². The van der Waals surface area contributed by atoms with Gasteiger partial charge in [-0.2, -0.15) is 0 Å². The van der Waals surface area contributed by atoms with Gasteiger partial charge in [0.25, 0.3) is 0 Å². The minimum atomic E-state index is -0.928. The van der Waals surface area contributed by atoms with Gasteiger partial charge in [0.2, 0.25) is 5.78 Å². The average molecular weight is 408 g/mol. The zero-order valence-electron chi connectivity index (χ0n) is 15.8. The second kappa shape index (κ2) is 7.56. The Morgan fingerprint density at radius 2 is 1.97 bits per heavy atom. The van der Waals surface area contributed by atoms with E-state index < -0.39 is 12.1 Å². The van der Waals surface area contributed by atoms with Crippen molar-refractivity contribution in [3.63, 3.8) is 0 Å². The first-order valence-corrected chi connectivity index (χ1v) is 9.46. The molecule has 6 nitrogen and oxygen atoms in total. The summed E-state index contributed by atoms with van der Waals surface area (Å²) >= 11 is 6.15. The molecule has 29 heavy (non-hydrogen) atoms. The lowest BCUT2D eigenvalue weighted by atomic mass is 10.0. The maximum absolute atomic E-state index is 12.9. The predicted molar refractivity (Wildman–Crippen MR) is 112 cm³/mol. The molecule has 0 saturated heterocycles. The molecule has 3 heterocycles. The van der Waals surface area contributed by atoms with Gasteiger partial charge < -0.3 is 9.72 Å². The number of imidazole rings is 1. The first-order valence-electron chi connectivity index (χ1n) is 9.08. The fourth-order valence-electron chi connectivity index (χ4n) is 3.35. The molecule has 3 aromatic heterocycles. The highest BCUT2D eigenvalue weighted by Gasteiger charge is 2.23. The number of nitrogens with one attached hydrogen (secondary N) is 1. The molecular formula is C22H18ClN3O3. The van der Waals surface area contributed by atoms with Gasteiger partial charge in [0.15, 0.2) is 11.3 Å². The number of carbonyl (C=O) groups excluding carboxylic acids is 2. The Balaban J connectivity index is 1.52. The number of H-pyrrole nitrogens is 1. The van der Waals surface area contributed by atoms with Crippen LogP contribution in [0.2, 0.25) is 5.15 Å². The third kappa shape index (κ3) is 3.54. The highest BCUT2D eigenvalue weighted by Crippen LogP contribution is 2.24. The van der Waals surface area contributed by atoms with Crippen molar-refractivity contribution in [3.05, 3.63) is 76.8 Å². The number of esters is 1. The number of aromatic nitrogens is 3. The van der Waals surface area contributed by atoms with Crippen LogP contribution in [0.15, 0.2) is 54.7 Å². The van der Waals surface area contributed by atoms with E-state index in [1.807, 2.05) is 49.4 Å². The highest BCUT2D eigenvalue weighted by atomic mass is 35.5. The van der Waals surface area contributed by atoms with E-state index in [1.165, 1.54) is 12.2 Å². The first kappa shape index (κ1) is 19.0. The van der Waals surface area contributed by atoms with Crippen LogP contribution < -0.4 is 0 Å². The number of ether oxygens (including phenoxy) is 1. The van der Waals surface area contributed by atoms with Crippen LogP contribution in [-0.4, -0.2) is 32.2 Å². The molecule has 4 rings (SSSR count). The number of nitrogens with zero attached hydrogens (tertiary/aromatic N) is 2. The second-order valence-electron chi connectivity index (χ2n) is 6.66. The zero-order valence-corrected chi connectivity index (χ0v) is 16.6. The number of ketones is 1. The van der Waals surface area contributed by atoms with Gasteiger partial charge in [-0.3, -0.25) is 9.20 Å². The number of hydrogen-bond acceptors (Lipinski definition) is 4. The van der Waals surface area contributed by atoms with Crippen LogP contribution in [-0.2, 0) is 9.53 Å². The molecule has 1 N–H and O–H groups in total. The molecule has 0 spiro atoms. The van der Waals surface area contributed by atoms with E-state index in [0.29, 0.717) is 16.9 Å². The fraction of sp³-hybridized carbons (Fsp3) is 0.136. The van der Waals surface area contributed by atoms with Crippen molar-refractivity contribution < 1.29 is 14.3 Å². The van der Waals surface area contributed by atoms with Crippen LogP contribution in [0.5, 0.6) is 0 Å². The number of pyridine rings is 1. The van der Waals surface area contributed by atoms with Gasteiger partial charge in [0.05, 0.1) is 5.69 Å². The van der Waals surface area contributed by atoms with Gasteiger partial charge in [-0.1, -0.05) is 35.9 Å². The summed E-state index contributed by atoms with van der Waals surface area (Å²) < 4.78 is 7.09. The lowest BCUT2D eigenvalue weighted by molar-refractivity contribution is -0.140. The number of para-hydroxylation sites is 1. The largest absolute Gasteiger partial charge is 0.451 e. The molecule has 0 unspecified atom stereocenters. The molecule has 4 aromatic rings. The summed E-state index contributed by atoms with van der Waals surface area (Å²) in [5.74, 6) is -0.889. The van der Waals surface area contributed by atoms with Crippen molar-refractivity contribution in [2.24, 2.45) is 0 Å². The van der Waals surface area contributed by atoms with E-state index in [4.69, 9.17) is 16.3 Å². The van der Waals surface area contributed by atoms with Crippen LogP contribution in [0.25, 0.3) is 22.6 Å². The summed E-state index contributed by atoms with van der Waals surface area (Å²) in [5.41, 5.74) is 3.38. The number of aromatic amines is 1. The van der Waals surface area contributed by atoms with Crippen LogP contribution in [0, 0.1) is 6.92 Å². The summed E-state index contributed by atoms with van der Waals surface area (Å²) in [6.07, 6.45) is 3.64. The van der Waals surface area contributed by atoms with Gasteiger partial charge in [-0.05, 0) is 38.1 Å². The molecule has 0 amide bonds. The van der Waals surface area contributed by atoms with Crippen molar-refractivity contribution in [2.75, 3.05) is 0 Å². The van der Waals surface area contributed by atoms with Crippen molar-refractivity contribution >= 4 is 46.0 Å². The molecule has 146 valence electrons. The third-order valence-electron chi connectivity index (χ3n) is 4.70. The lowest BCUT2D eigenvalue weighted by Crippen LogP contribution is -2.24. The van der Waals surface area contributed by atoms with Gasteiger partial charge in [-0.15, -0.1) is 0 Å². The van der Waals surface area contributed by atoms with Crippen LogP contribution >= 0.6 is 11.6 Å². The minimum Gasteiger partial charge on any atom is -0.451 e. The maximum Gasteiger partial charge on any atom is 0.331 e. The van der Waals surface area contributed by atoms with E-state index in [9.17, 15) is 9.59 Å². The highest BCUT2D eigenvalue weighted by molar-refractivity contribution is 6.31. The molecule has 0 aliphatic heterocycles. The van der Waals surface area contributed by atoms with Crippen molar-refractivity contribution in [2.45, 2.75) is 20.0 Å². The molecular weight excluding hydrogens is 390 g/mol. The quantitative estimate of drug-likeness (QED) is 0.298. The number of carbonyl (C=O) groups is 2. The number of halogens is 1. The average Bonchev–Trinajstić information content (AvgIpc) is 3.20. The fourth-order valence-corrected chi connectivity index (χ4v) is 3.59. The van der Waals surface area contributed by atoms with Gasteiger partial charge in [0.1, 0.15) is 5.65 Å². The zero-order chi connectivity index (χ0) is 20.5. The number of Topliss-reactive ketones (excluding diaryl/α,β-unsaturated/α-hetero) is 1. The minimum absolute atomic E-state index is 0.255. The summed E-state index contributed by atoms with van der Waals surface area (Å²) in [6, 6.07) is 13.0. The summed E-state index contributed by atoms with van der Waals surface area (Å²) in [6.45, 7) is 3.39. The normalized spacial score (nSPS) is 12.7. The van der Waals surface area contributed by atoms with Crippen molar-refractivity contribution in [3.8, 4) is 0 Å². The molecule has 0 saturated carbocycles. The summed E-state index contributed by atoms with van der Waals surface area (Å²) in [4.78, 5) is 32.6. The molecule has 1 aromatic carbocycles. The Morgan fingerprint density at radius 1 is 1.21 bits per heavy atom. The number of benzene rings is 1. The summed E-state index contributed by atoms with van der Waals surface area (Å²) in [5, 5.41) is 1.09. The molecule has 7 heteroatoms.